The van der Waals surface area contributed by atoms with E-state index in [0.29, 0.717) is 0 Å². The normalized spacial score (nSPS) is 11.8. The summed E-state index contributed by atoms with van der Waals surface area (Å²) in [6, 6.07) is 99.8. The van der Waals surface area contributed by atoms with E-state index in [1.54, 1.807) is 0 Å². The highest BCUT2D eigenvalue weighted by Gasteiger charge is 2.21. The molecule has 0 saturated carbocycles. The molecule has 0 aliphatic heterocycles. The lowest BCUT2D eigenvalue weighted by Gasteiger charge is -2.12. The Kier molecular flexibility index (Phi) is 10.5. The van der Waals surface area contributed by atoms with Crippen LogP contribution in [0.5, 0.6) is 0 Å². The molecule has 0 bridgehead atoms. The van der Waals surface area contributed by atoms with Gasteiger partial charge < -0.3 is 9.13 Å². The summed E-state index contributed by atoms with van der Waals surface area (Å²) in [5.41, 5.74) is 18.5. The average molecular weight is 1020 g/mol. The summed E-state index contributed by atoms with van der Waals surface area (Å²) < 4.78 is 9.37. The summed E-state index contributed by atoms with van der Waals surface area (Å²) in [6.07, 6.45) is 3.76. The molecule has 0 atom stereocenters. The Balaban J connectivity index is 0.000000133. The van der Waals surface area contributed by atoms with Crippen molar-refractivity contribution < 1.29 is 0 Å². The Morgan fingerprint density at radius 1 is 0.225 bits per heavy atom. The maximum atomic E-state index is 4.84. The topological polar surface area (TPSA) is 45.5 Å². The largest absolute Gasteiger partial charge is 0.309 e. The summed E-state index contributed by atoms with van der Waals surface area (Å²) >= 11 is 0. The molecule has 0 unspecified atom stereocenters. The van der Waals surface area contributed by atoms with Crippen LogP contribution in [0.15, 0.2) is 291 Å². The molecule has 17 aromatic rings. The summed E-state index contributed by atoms with van der Waals surface area (Å²) in [7, 11) is 0. The third-order valence-corrected chi connectivity index (χ3v) is 16.1. The molecule has 0 saturated heterocycles. The molecular formula is C74H48N6. The fourth-order valence-corrected chi connectivity index (χ4v) is 12.6. The van der Waals surface area contributed by atoms with Crippen LogP contribution in [-0.4, -0.2) is 28.2 Å². The molecule has 11 aromatic carbocycles. The SMILES string of the molecule is c1ccc(-n2c3ccccc3c3cc(-c4cccc5c6cccnc6n(-c6ccccc6)c45)ccc32)cc1.c1ccc(-n2c3ncccc3c3cccc(-c4ccc5c(c4)c4ccccc4n5-c4ccc5ccccc5c4)c32)cc1. The van der Waals surface area contributed by atoms with E-state index >= 15 is 0 Å². The summed E-state index contributed by atoms with van der Waals surface area (Å²) in [5.74, 6) is 0. The van der Waals surface area contributed by atoms with Gasteiger partial charge in [0.1, 0.15) is 11.3 Å². The number of fused-ring (bicyclic) bond motifs is 13. The Hall–Kier alpha value is -10.8. The van der Waals surface area contributed by atoms with Crippen LogP contribution < -0.4 is 0 Å². The van der Waals surface area contributed by atoms with E-state index in [9.17, 15) is 0 Å². The summed E-state index contributed by atoms with van der Waals surface area (Å²) in [4.78, 5) is 9.66. The number of pyridine rings is 2. The van der Waals surface area contributed by atoms with Crippen LogP contribution in [0.2, 0.25) is 0 Å². The van der Waals surface area contributed by atoms with Gasteiger partial charge in [-0.15, -0.1) is 0 Å². The highest BCUT2D eigenvalue weighted by Crippen LogP contribution is 2.43. The first-order chi connectivity index (χ1) is 39.7. The average Bonchev–Trinajstić information content (AvgIpc) is 4.31. The van der Waals surface area contributed by atoms with Crippen molar-refractivity contribution in [3.05, 3.63) is 291 Å². The fraction of sp³-hybridized carbons (Fsp3) is 0. The van der Waals surface area contributed by atoms with Crippen LogP contribution >= 0.6 is 0 Å². The predicted octanol–water partition coefficient (Wildman–Crippen LogP) is 19.0. The van der Waals surface area contributed by atoms with Crippen molar-refractivity contribution in [2.75, 3.05) is 0 Å². The molecule has 0 aliphatic carbocycles. The minimum atomic E-state index is 0.972. The van der Waals surface area contributed by atoms with Gasteiger partial charge in [0.15, 0.2) is 0 Å². The van der Waals surface area contributed by atoms with Gasteiger partial charge in [0.05, 0.1) is 33.1 Å². The standard InChI is InChI=1S/C39H25N3.C35H23N3/c1-2-12-29(13-3-1)42-38-31(15-8-16-33(38)34-17-9-23-40-39(34)42)28-20-22-37-35(25-28)32-14-6-7-18-36(32)41(37)30-21-19-26-10-4-5-11-27(26)24-30;1-3-11-25(12-4-1)37-32-19-8-7-15-28(32)31-23-24(20-21-33(31)37)27-16-9-17-29-30-18-10-22-36-35(30)38(34(27)29)26-13-5-2-6-14-26/h1-25H;1-23H. The lowest BCUT2D eigenvalue weighted by atomic mass is 10.00. The number of rotatable bonds is 6. The molecule has 17 rings (SSSR count). The first kappa shape index (κ1) is 45.4. The van der Waals surface area contributed by atoms with E-state index in [-0.39, 0.29) is 0 Å². The molecule has 0 radical (unpaired) electrons. The summed E-state index contributed by atoms with van der Waals surface area (Å²) in [6.45, 7) is 0. The lowest BCUT2D eigenvalue weighted by molar-refractivity contribution is 1.14. The molecule has 6 aromatic heterocycles. The second kappa shape index (κ2) is 18.4. The lowest BCUT2D eigenvalue weighted by Crippen LogP contribution is -1.96. The number of hydrogen-bond acceptors (Lipinski definition) is 2. The van der Waals surface area contributed by atoms with Crippen molar-refractivity contribution in [2.24, 2.45) is 0 Å². The minimum absolute atomic E-state index is 0.972. The molecule has 6 heterocycles. The smallest absolute Gasteiger partial charge is 0.145 e. The third-order valence-electron chi connectivity index (χ3n) is 16.1. The zero-order valence-electron chi connectivity index (χ0n) is 43.4. The van der Waals surface area contributed by atoms with Gasteiger partial charge in [-0.3, -0.25) is 9.13 Å². The van der Waals surface area contributed by atoms with E-state index in [1.807, 2.05) is 24.5 Å². The van der Waals surface area contributed by atoms with E-state index in [4.69, 9.17) is 9.97 Å². The van der Waals surface area contributed by atoms with Crippen LogP contribution in [0.1, 0.15) is 0 Å². The first-order valence-electron chi connectivity index (χ1n) is 27.2. The molecule has 0 aliphatic rings. The van der Waals surface area contributed by atoms with E-state index < -0.39 is 0 Å². The van der Waals surface area contributed by atoms with Crippen molar-refractivity contribution in [2.45, 2.75) is 0 Å². The van der Waals surface area contributed by atoms with Crippen LogP contribution in [0.4, 0.5) is 0 Å². The minimum Gasteiger partial charge on any atom is -0.309 e. The van der Waals surface area contributed by atoms with Gasteiger partial charge >= 0.3 is 0 Å². The number of hydrogen-bond donors (Lipinski definition) is 0. The molecule has 0 amide bonds. The van der Waals surface area contributed by atoms with Crippen molar-refractivity contribution in [1.82, 2.24) is 28.2 Å². The molecule has 80 heavy (non-hydrogen) atoms. The molecule has 6 nitrogen and oxygen atoms in total. The number of benzene rings is 11. The van der Waals surface area contributed by atoms with Gasteiger partial charge in [-0.25, -0.2) is 9.97 Å². The monoisotopic (exact) mass is 1020 g/mol. The highest BCUT2D eigenvalue weighted by atomic mass is 15.1. The second-order valence-corrected chi connectivity index (χ2v) is 20.5. The Labute approximate surface area is 460 Å². The first-order valence-corrected chi connectivity index (χ1v) is 27.2. The van der Waals surface area contributed by atoms with Crippen molar-refractivity contribution >= 4 is 98.3 Å². The van der Waals surface area contributed by atoms with Gasteiger partial charge in [0, 0.05) is 89.4 Å². The van der Waals surface area contributed by atoms with Crippen LogP contribution in [0.25, 0.3) is 143 Å². The number of para-hydroxylation sites is 7. The highest BCUT2D eigenvalue weighted by molar-refractivity contribution is 6.17. The summed E-state index contributed by atoms with van der Waals surface area (Å²) in [5, 5.41) is 12.2. The van der Waals surface area contributed by atoms with Crippen molar-refractivity contribution in [1.29, 1.82) is 0 Å². The van der Waals surface area contributed by atoms with Gasteiger partial charge in [-0.1, -0.05) is 170 Å². The third kappa shape index (κ3) is 7.13. The second-order valence-electron chi connectivity index (χ2n) is 20.5. The van der Waals surface area contributed by atoms with Crippen molar-refractivity contribution in [3.63, 3.8) is 0 Å². The van der Waals surface area contributed by atoms with Crippen LogP contribution in [-0.2, 0) is 0 Å². The van der Waals surface area contributed by atoms with E-state index in [0.717, 1.165) is 33.4 Å². The molecule has 6 heteroatoms. The van der Waals surface area contributed by atoms with Gasteiger partial charge in [0.25, 0.3) is 0 Å². The van der Waals surface area contributed by atoms with Crippen LogP contribution in [0, 0.1) is 0 Å². The van der Waals surface area contributed by atoms with E-state index in [1.165, 1.54) is 110 Å². The molecule has 0 N–H and O–H groups in total. The van der Waals surface area contributed by atoms with Gasteiger partial charge in [0.2, 0.25) is 0 Å². The predicted molar refractivity (Wildman–Crippen MR) is 334 cm³/mol. The Bertz CT molecular complexity index is 5240. The number of nitrogens with zero attached hydrogens (tertiary/aromatic N) is 6. The molecule has 374 valence electrons. The number of aromatic nitrogens is 6. The zero-order chi connectivity index (χ0) is 52.7. The van der Waals surface area contributed by atoms with Gasteiger partial charge in [-0.05, 0) is 131 Å². The van der Waals surface area contributed by atoms with Crippen LogP contribution in [0.3, 0.4) is 0 Å². The Morgan fingerprint density at radius 3 is 1.14 bits per heavy atom. The zero-order valence-corrected chi connectivity index (χ0v) is 43.4. The molecular weight excluding hydrogens is 973 g/mol. The van der Waals surface area contributed by atoms with E-state index in [2.05, 4.69) is 285 Å². The molecule has 0 spiro atoms. The van der Waals surface area contributed by atoms with Gasteiger partial charge in [-0.2, -0.15) is 0 Å². The van der Waals surface area contributed by atoms with Crippen molar-refractivity contribution in [3.8, 4) is 45.0 Å². The quantitative estimate of drug-likeness (QED) is 0.167. The maximum Gasteiger partial charge on any atom is 0.145 e. The Morgan fingerprint density at radius 2 is 0.625 bits per heavy atom. The fourth-order valence-electron chi connectivity index (χ4n) is 12.6. The molecule has 0 fully saturated rings. The maximum absolute atomic E-state index is 4.84.